The van der Waals surface area contributed by atoms with Crippen LogP contribution in [-0.4, -0.2) is 83.0 Å². The number of amides is 3. The average molecular weight is 338 g/mol. The van der Waals surface area contributed by atoms with Gasteiger partial charge in [0.15, 0.2) is 0 Å². The Morgan fingerprint density at radius 2 is 2.04 bits per heavy atom. The van der Waals surface area contributed by atoms with Crippen LogP contribution in [-0.2, 0) is 19.2 Å². The van der Waals surface area contributed by atoms with Crippen LogP contribution in [0.1, 0.15) is 25.7 Å². The highest BCUT2D eigenvalue weighted by molar-refractivity contribution is 6.39. The van der Waals surface area contributed by atoms with Crippen LogP contribution < -0.4 is 0 Å². The molecule has 1 unspecified atom stereocenters. The summed E-state index contributed by atoms with van der Waals surface area (Å²) in [5, 5.41) is 14.2. The van der Waals surface area contributed by atoms with Gasteiger partial charge in [0.05, 0.1) is 12.5 Å². The summed E-state index contributed by atoms with van der Waals surface area (Å²) in [5.41, 5.74) is 0.245. The fraction of sp³-hybridized carbons (Fsp3) is 0.667. The van der Waals surface area contributed by atoms with Gasteiger partial charge in [0.1, 0.15) is 5.71 Å². The first-order chi connectivity index (χ1) is 11.3. The lowest BCUT2D eigenvalue weighted by Gasteiger charge is -2.32. The van der Waals surface area contributed by atoms with Crippen LogP contribution in [0.5, 0.6) is 0 Å². The minimum atomic E-state index is -0.902. The topological polar surface area (TPSA) is 111 Å². The summed E-state index contributed by atoms with van der Waals surface area (Å²) in [4.78, 5) is 49.9. The number of hydrazone groups is 1. The predicted molar refractivity (Wildman–Crippen MR) is 84.0 cm³/mol. The van der Waals surface area contributed by atoms with Crippen molar-refractivity contribution < 1.29 is 24.3 Å². The van der Waals surface area contributed by atoms with Gasteiger partial charge in [-0.25, -0.2) is 5.01 Å². The van der Waals surface area contributed by atoms with E-state index >= 15 is 0 Å². The second-order valence-electron chi connectivity index (χ2n) is 6.14. The van der Waals surface area contributed by atoms with Crippen LogP contribution in [0, 0.1) is 5.92 Å². The van der Waals surface area contributed by atoms with Crippen molar-refractivity contribution >= 4 is 29.4 Å². The summed E-state index contributed by atoms with van der Waals surface area (Å²) in [7, 11) is 2.98. The van der Waals surface area contributed by atoms with Gasteiger partial charge in [0.2, 0.25) is 11.8 Å². The molecular formula is C15H22N4O5. The molecule has 1 fully saturated rings. The summed E-state index contributed by atoms with van der Waals surface area (Å²) >= 11 is 0. The molecule has 0 aromatic heterocycles. The number of piperidine rings is 1. The summed E-state index contributed by atoms with van der Waals surface area (Å²) < 4.78 is 0. The number of aliphatic carboxylic acids is 1. The molecule has 1 atom stereocenters. The number of rotatable bonds is 4. The molecule has 2 rings (SSSR count). The van der Waals surface area contributed by atoms with E-state index < -0.39 is 17.8 Å². The quantitative estimate of drug-likeness (QED) is 0.734. The molecule has 0 radical (unpaired) electrons. The summed E-state index contributed by atoms with van der Waals surface area (Å²) in [6.07, 6.45) is 1.67. The number of carboxylic acids is 1. The van der Waals surface area contributed by atoms with E-state index in [1.165, 1.54) is 23.9 Å². The maximum absolute atomic E-state index is 12.3. The molecule has 0 spiro atoms. The lowest BCUT2D eigenvalue weighted by Crippen LogP contribution is -2.48. The van der Waals surface area contributed by atoms with Crippen molar-refractivity contribution in [1.29, 1.82) is 0 Å². The standard InChI is InChI=1S/C15H22N4O5/c1-17(14(22)11-5-6-12(20)18(2)16-11)9-13(21)19-7-3-4-10(8-19)15(23)24/h10H,3-9H2,1-2H3,(H,23,24). The molecule has 0 bridgehead atoms. The zero-order valence-corrected chi connectivity index (χ0v) is 13.9. The number of nitrogens with zero attached hydrogens (tertiary/aromatic N) is 4. The third-order valence-electron chi connectivity index (χ3n) is 4.30. The van der Waals surface area contributed by atoms with Gasteiger partial charge in [0, 0.05) is 40.0 Å². The lowest BCUT2D eigenvalue weighted by molar-refractivity contribution is -0.146. The Morgan fingerprint density at radius 3 is 2.67 bits per heavy atom. The third kappa shape index (κ3) is 4.09. The summed E-state index contributed by atoms with van der Waals surface area (Å²) in [5.74, 6) is -2.28. The zero-order chi connectivity index (χ0) is 17.9. The smallest absolute Gasteiger partial charge is 0.308 e. The van der Waals surface area contributed by atoms with E-state index in [0.29, 0.717) is 19.4 Å². The van der Waals surface area contributed by atoms with Crippen LogP contribution >= 0.6 is 0 Å². The van der Waals surface area contributed by atoms with Crippen LogP contribution in [0.3, 0.4) is 0 Å². The maximum atomic E-state index is 12.3. The first-order valence-electron chi connectivity index (χ1n) is 7.89. The Bertz CT molecular complexity index is 588. The number of hydrogen-bond donors (Lipinski definition) is 1. The molecule has 9 nitrogen and oxygen atoms in total. The Labute approximate surface area is 139 Å². The molecule has 2 heterocycles. The van der Waals surface area contributed by atoms with Crippen molar-refractivity contribution in [1.82, 2.24) is 14.8 Å². The second kappa shape index (κ2) is 7.41. The number of carboxylic acid groups (broad SMARTS) is 1. The van der Waals surface area contributed by atoms with E-state index in [4.69, 9.17) is 5.11 Å². The molecular weight excluding hydrogens is 316 g/mol. The zero-order valence-electron chi connectivity index (χ0n) is 13.9. The SMILES string of the molecule is CN(CC(=O)N1CCCC(C(=O)O)C1)C(=O)C1=NN(C)C(=O)CC1. The highest BCUT2D eigenvalue weighted by Crippen LogP contribution is 2.17. The highest BCUT2D eigenvalue weighted by atomic mass is 16.4. The average Bonchev–Trinajstić information content (AvgIpc) is 2.56. The van der Waals surface area contributed by atoms with Gasteiger partial charge >= 0.3 is 5.97 Å². The lowest BCUT2D eigenvalue weighted by atomic mass is 9.98. The van der Waals surface area contributed by atoms with Crippen molar-refractivity contribution in [3.8, 4) is 0 Å². The molecule has 0 aromatic rings. The van der Waals surface area contributed by atoms with Gasteiger partial charge in [0.25, 0.3) is 5.91 Å². The van der Waals surface area contributed by atoms with Gasteiger partial charge < -0.3 is 14.9 Å². The molecule has 9 heteroatoms. The summed E-state index contributed by atoms with van der Waals surface area (Å²) in [6, 6.07) is 0. The van der Waals surface area contributed by atoms with Gasteiger partial charge in [-0.2, -0.15) is 5.10 Å². The molecule has 3 amide bonds. The molecule has 0 aliphatic carbocycles. The van der Waals surface area contributed by atoms with Crippen molar-refractivity contribution in [3.05, 3.63) is 0 Å². The molecule has 0 aromatic carbocycles. The molecule has 24 heavy (non-hydrogen) atoms. The Balaban J connectivity index is 1.93. The van der Waals surface area contributed by atoms with Crippen molar-refractivity contribution in [3.63, 3.8) is 0 Å². The van der Waals surface area contributed by atoms with E-state index in [-0.39, 0.29) is 43.5 Å². The Morgan fingerprint density at radius 1 is 1.33 bits per heavy atom. The number of likely N-dealkylation sites (tertiary alicyclic amines) is 1. The van der Waals surface area contributed by atoms with Crippen molar-refractivity contribution in [2.45, 2.75) is 25.7 Å². The van der Waals surface area contributed by atoms with E-state index in [1.54, 1.807) is 0 Å². The summed E-state index contributed by atoms with van der Waals surface area (Å²) in [6.45, 7) is 0.541. The largest absolute Gasteiger partial charge is 0.481 e. The molecule has 1 saturated heterocycles. The minimum absolute atomic E-state index is 0.137. The number of likely N-dealkylation sites (N-methyl/N-ethyl adjacent to an activating group) is 1. The van der Waals surface area contributed by atoms with Crippen molar-refractivity contribution in [2.24, 2.45) is 11.0 Å². The number of hydrogen-bond acceptors (Lipinski definition) is 5. The normalized spacial score (nSPS) is 21.3. The third-order valence-corrected chi connectivity index (χ3v) is 4.30. The Kier molecular flexibility index (Phi) is 5.53. The van der Waals surface area contributed by atoms with E-state index in [9.17, 15) is 19.2 Å². The van der Waals surface area contributed by atoms with Crippen LogP contribution in [0.25, 0.3) is 0 Å². The molecule has 1 N–H and O–H groups in total. The molecule has 132 valence electrons. The van der Waals surface area contributed by atoms with Gasteiger partial charge in [-0.05, 0) is 12.8 Å². The first kappa shape index (κ1) is 17.9. The first-order valence-corrected chi connectivity index (χ1v) is 7.89. The predicted octanol–water partition coefficient (Wildman–Crippen LogP) is -0.624. The number of carbonyl (C=O) groups is 4. The van der Waals surface area contributed by atoms with Gasteiger partial charge in [-0.1, -0.05) is 0 Å². The monoisotopic (exact) mass is 338 g/mol. The minimum Gasteiger partial charge on any atom is -0.481 e. The molecule has 2 aliphatic heterocycles. The maximum Gasteiger partial charge on any atom is 0.308 e. The Hall–Kier alpha value is -2.45. The van der Waals surface area contributed by atoms with Crippen LogP contribution in [0.15, 0.2) is 5.10 Å². The highest BCUT2D eigenvalue weighted by Gasteiger charge is 2.30. The second-order valence-corrected chi connectivity index (χ2v) is 6.14. The van der Waals surface area contributed by atoms with Crippen LogP contribution in [0.2, 0.25) is 0 Å². The van der Waals surface area contributed by atoms with Gasteiger partial charge in [-0.15, -0.1) is 0 Å². The van der Waals surface area contributed by atoms with Crippen molar-refractivity contribution in [2.75, 3.05) is 33.7 Å². The van der Waals surface area contributed by atoms with Crippen LogP contribution in [0.4, 0.5) is 0 Å². The fourth-order valence-electron chi connectivity index (χ4n) is 2.82. The van der Waals surface area contributed by atoms with E-state index in [0.717, 1.165) is 5.01 Å². The fourth-order valence-corrected chi connectivity index (χ4v) is 2.82. The van der Waals surface area contributed by atoms with E-state index in [2.05, 4.69) is 5.10 Å². The van der Waals surface area contributed by atoms with E-state index in [1.807, 2.05) is 0 Å². The van der Waals surface area contributed by atoms with Gasteiger partial charge in [-0.3, -0.25) is 19.2 Å². The number of carbonyl (C=O) groups excluding carboxylic acids is 3. The molecule has 0 saturated carbocycles. The molecule has 2 aliphatic rings.